The molecule has 0 atom stereocenters. The SMILES string of the molecule is CCCc1c(OCC)nc2ccccc2c1CCC. The molecule has 0 N–H and O–H groups in total. The van der Waals surface area contributed by atoms with Gasteiger partial charge in [0.1, 0.15) is 0 Å². The van der Waals surface area contributed by atoms with E-state index in [9.17, 15) is 0 Å². The van der Waals surface area contributed by atoms with Crippen LogP contribution in [-0.2, 0) is 12.8 Å². The molecule has 0 aliphatic heterocycles. The van der Waals surface area contributed by atoms with Gasteiger partial charge in [0.15, 0.2) is 0 Å². The molecule has 2 aromatic rings. The topological polar surface area (TPSA) is 22.1 Å². The number of hydrogen-bond donors (Lipinski definition) is 0. The van der Waals surface area contributed by atoms with E-state index < -0.39 is 0 Å². The monoisotopic (exact) mass is 257 g/mol. The Morgan fingerprint density at radius 2 is 1.63 bits per heavy atom. The van der Waals surface area contributed by atoms with Crippen LogP contribution in [-0.4, -0.2) is 11.6 Å². The molecule has 1 heterocycles. The largest absolute Gasteiger partial charge is 0.478 e. The maximum atomic E-state index is 5.77. The van der Waals surface area contributed by atoms with Crippen molar-refractivity contribution in [2.75, 3.05) is 6.61 Å². The summed E-state index contributed by atoms with van der Waals surface area (Å²) < 4.78 is 5.77. The molecule has 19 heavy (non-hydrogen) atoms. The Balaban J connectivity index is 2.67. The molecule has 0 amide bonds. The van der Waals surface area contributed by atoms with Crippen molar-refractivity contribution in [3.63, 3.8) is 0 Å². The molecule has 0 saturated carbocycles. The number of ether oxygens (including phenoxy) is 1. The van der Waals surface area contributed by atoms with Crippen LogP contribution >= 0.6 is 0 Å². The maximum absolute atomic E-state index is 5.77. The Morgan fingerprint density at radius 1 is 0.947 bits per heavy atom. The van der Waals surface area contributed by atoms with Gasteiger partial charge in [0, 0.05) is 10.9 Å². The number of aromatic nitrogens is 1. The van der Waals surface area contributed by atoms with Crippen molar-refractivity contribution in [2.45, 2.75) is 46.5 Å². The first kappa shape index (κ1) is 13.9. The number of para-hydroxylation sites is 1. The van der Waals surface area contributed by atoms with Gasteiger partial charge in [-0.3, -0.25) is 0 Å². The van der Waals surface area contributed by atoms with Crippen LogP contribution in [0.4, 0.5) is 0 Å². The lowest BCUT2D eigenvalue weighted by atomic mass is 9.96. The third-order valence-electron chi connectivity index (χ3n) is 3.35. The minimum absolute atomic E-state index is 0.674. The van der Waals surface area contributed by atoms with Gasteiger partial charge in [0.25, 0.3) is 0 Å². The summed E-state index contributed by atoms with van der Waals surface area (Å²) in [6.07, 6.45) is 4.41. The fourth-order valence-corrected chi connectivity index (χ4v) is 2.59. The molecule has 102 valence electrons. The molecule has 2 nitrogen and oxygen atoms in total. The van der Waals surface area contributed by atoms with Gasteiger partial charge in [-0.05, 0) is 31.4 Å². The van der Waals surface area contributed by atoms with Gasteiger partial charge in [0.05, 0.1) is 12.1 Å². The first-order valence-electron chi connectivity index (χ1n) is 7.35. The second-order valence-electron chi connectivity index (χ2n) is 4.82. The molecule has 0 saturated heterocycles. The highest BCUT2D eigenvalue weighted by atomic mass is 16.5. The van der Waals surface area contributed by atoms with Crippen LogP contribution in [0.25, 0.3) is 10.9 Å². The average Bonchev–Trinajstić information content (AvgIpc) is 2.43. The third-order valence-corrected chi connectivity index (χ3v) is 3.35. The lowest BCUT2D eigenvalue weighted by molar-refractivity contribution is 0.323. The highest BCUT2D eigenvalue weighted by molar-refractivity contribution is 5.84. The van der Waals surface area contributed by atoms with Gasteiger partial charge in [-0.25, -0.2) is 4.98 Å². The molecule has 2 rings (SSSR count). The number of pyridine rings is 1. The maximum Gasteiger partial charge on any atom is 0.217 e. The second-order valence-corrected chi connectivity index (χ2v) is 4.82. The molecule has 0 unspecified atom stereocenters. The zero-order valence-corrected chi connectivity index (χ0v) is 12.2. The first-order valence-corrected chi connectivity index (χ1v) is 7.35. The fraction of sp³-hybridized carbons (Fsp3) is 0.471. The van der Waals surface area contributed by atoms with E-state index in [0.29, 0.717) is 6.61 Å². The van der Waals surface area contributed by atoms with E-state index in [4.69, 9.17) is 9.72 Å². The minimum Gasteiger partial charge on any atom is -0.478 e. The highest BCUT2D eigenvalue weighted by Gasteiger charge is 2.14. The van der Waals surface area contributed by atoms with E-state index in [0.717, 1.165) is 37.1 Å². The van der Waals surface area contributed by atoms with Gasteiger partial charge >= 0.3 is 0 Å². The van der Waals surface area contributed by atoms with Crippen LogP contribution in [0.1, 0.15) is 44.7 Å². The van der Waals surface area contributed by atoms with Crippen molar-refractivity contribution >= 4 is 10.9 Å². The standard InChI is InChI=1S/C17H23NO/c1-4-9-13-14-11-7-8-12-16(14)18-17(19-6-3)15(13)10-5-2/h7-8,11-12H,4-6,9-10H2,1-3H3. The molecule has 0 aliphatic rings. The Hall–Kier alpha value is -1.57. The molecule has 1 aromatic carbocycles. The smallest absolute Gasteiger partial charge is 0.217 e. The van der Waals surface area contributed by atoms with Crippen molar-refractivity contribution < 1.29 is 4.74 Å². The van der Waals surface area contributed by atoms with Gasteiger partial charge < -0.3 is 4.74 Å². The van der Waals surface area contributed by atoms with Gasteiger partial charge in [-0.2, -0.15) is 0 Å². The summed E-state index contributed by atoms with van der Waals surface area (Å²) in [5, 5.41) is 1.29. The predicted molar refractivity (Wildman–Crippen MR) is 80.9 cm³/mol. The molecule has 0 bridgehead atoms. The number of nitrogens with zero attached hydrogens (tertiary/aromatic N) is 1. The summed E-state index contributed by atoms with van der Waals surface area (Å²) in [7, 11) is 0. The van der Waals surface area contributed by atoms with Crippen molar-refractivity contribution in [1.82, 2.24) is 4.98 Å². The Morgan fingerprint density at radius 3 is 2.32 bits per heavy atom. The lowest BCUT2D eigenvalue weighted by Crippen LogP contribution is -2.05. The predicted octanol–water partition coefficient (Wildman–Crippen LogP) is 4.54. The summed E-state index contributed by atoms with van der Waals surface area (Å²) in [4.78, 5) is 4.70. The Labute approximate surface area is 115 Å². The average molecular weight is 257 g/mol. The Kier molecular flexibility index (Phi) is 4.78. The quantitative estimate of drug-likeness (QED) is 0.758. The zero-order chi connectivity index (χ0) is 13.7. The normalized spacial score (nSPS) is 10.9. The Bertz CT molecular complexity index is 548. The van der Waals surface area contributed by atoms with Gasteiger partial charge in [-0.15, -0.1) is 0 Å². The van der Waals surface area contributed by atoms with Crippen LogP contribution in [0.3, 0.4) is 0 Å². The lowest BCUT2D eigenvalue weighted by Gasteiger charge is -2.16. The number of hydrogen-bond acceptors (Lipinski definition) is 2. The summed E-state index contributed by atoms with van der Waals surface area (Å²) in [6.45, 7) is 7.13. The van der Waals surface area contributed by atoms with Gasteiger partial charge in [-0.1, -0.05) is 44.9 Å². The highest BCUT2D eigenvalue weighted by Crippen LogP contribution is 2.30. The molecular weight excluding hydrogens is 234 g/mol. The van der Waals surface area contributed by atoms with Crippen molar-refractivity contribution in [1.29, 1.82) is 0 Å². The van der Waals surface area contributed by atoms with Gasteiger partial charge in [0.2, 0.25) is 5.88 Å². The van der Waals surface area contributed by atoms with Crippen LogP contribution < -0.4 is 4.74 Å². The molecule has 0 aliphatic carbocycles. The number of benzene rings is 1. The fourth-order valence-electron chi connectivity index (χ4n) is 2.59. The zero-order valence-electron chi connectivity index (χ0n) is 12.2. The van der Waals surface area contributed by atoms with Crippen LogP contribution in [0, 0.1) is 0 Å². The summed E-state index contributed by atoms with van der Waals surface area (Å²) in [6, 6.07) is 8.40. The van der Waals surface area contributed by atoms with Crippen molar-refractivity contribution in [3.8, 4) is 5.88 Å². The molecule has 0 radical (unpaired) electrons. The van der Waals surface area contributed by atoms with E-state index in [1.165, 1.54) is 16.5 Å². The number of fused-ring (bicyclic) bond motifs is 1. The summed E-state index contributed by atoms with van der Waals surface area (Å²) in [5.41, 5.74) is 3.79. The molecule has 2 heteroatoms. The molecule has 1 aromatic heterocycles. The second kappa shape index (κ2) is 6.55. The molecule has 0 fully saturated rings. The molecule has 0 spiro atoms. The van der Waals surface area contributed by atoms with E-state index >= 15 is 0 Å². The van der Waals surface area contributed by atoms with E-state index in [1.807, 2.05) is 13.0 Å². The van der Waals surface area contributed by atoms with Crippen LogP contribution in [0.15, 0.2) is 24.3 Å². The molecular formula is C17H23NO. The van der Waals surface area contributed by atoms with E-state index in [-0.39, 0.29) is 0 Å². The first-order chi connectivity index (χ1) is 9.31. The van der Waals surface area contributed by atoms with Crippen LogP contribution in [0.5, 0.6) is 5.88 Å². The summed E-state index contributed by atoms with van der Waals surface area (Å²) in [5.74, 6) is 0.839. The van der Waals surface area contributed by atoms with E-state index in [1.54, 1.807) is 0 Å². The van der Waals surface area contributed by atoms with Crippen molar-refractivity contribution in [3.05, 3.63) is 35.4 Å². The van der Waals surface area contributed by atoms with Crippen molar-refractivity contribution in [2.24, 2.45) is 0 Å². The third kappa shape index (κ3) is 2.89. The van der Waals surface area contributed by atoms with E-state index in [2.05, 4.69) is 32.0 Å². The number of rotatable bonds is 6. The summed E-state index contributed by atoms with van der Waals surface area (Å²) >= 11 is 0. The van der Waals surface area contributed by atoms with Crippen LogP contribution in [0.2, 0.25) is 0 Å². The minimum atomic E-state index is 0.674. The number of aryl methyl sites for hydroxylation is 1.